The van der Waals surface area contributed by atoms with Crippen LogP contribution in [0.15, 0.2) is 12.7 Å². The van der Waals surface area contributed by atoms with Crippen molar-refractivity contribution in [2.24, 2.45) is 0 Å². The lowest BCUT2D eigenvalue weighted by molar-refractivity contribution is -0.697. The van der Waals surface area contributed by atoms with Gasteiger partial charge in [-0.15, -0.1) is 0 Å². The molecule has 1 aromatic rings. The van der Waals surface area contributed by atoms with Gasteiger partial charge in [0, 0.05) is 0 Å². The highest BCUT2D eigenvalue weighted by molar-refractivity contribution is 4.33. The molecule has 0 aliphatic heterocycles. The summed E-state index contributed by atoms with van der Waals surface area (Å²) in [7, 11) is 0. The quantitative estimate of drug-likeness (QED) is 0.295. The van der Waals surface area contributed by atoms with Gasteiger partial charge in [0.05, 0.1) is 0 Å². The lowest BCUT2D eigenvalue weighted by Gasteiger charge is -1.67. The predicted octanol–water partition coefficient (Wildman–Crippen LogP) is -1.59. The Bertz CT molecular complexity index is 109. The van der Waals surface area contributed by atoms with Crippen molar-refractivity contribution in [2.75, 3.05) is 5.84 Å². The third kappa shape index (κ3) is 0.314. The average Bonchev–Trinajstić information content (AvgIpc) is 1.86. The van der Waals surface area contributed by atoms with Crippen LogP contribution >= 0.6 is 0 Å². The van der Waals surface area contributed by atoms with E-state index in [1.807, 2.05) is 0 Å². The van der Waals surface area contributed by atoms with Gasteiger partial charge < -0.3 is 0 Å². The molecule has 0 fully saturated rings. The zero-order valence-corrected chi connectivity index (χ0v) is 3.13. The number of nitrogen functional groups attached to an aromatic ring is 1. The van der Waals surface area contributed by atoms with E-state index in [-0.39, 0.29) is 0 Å². The summed E-state index contributed by atoms with van der Waals surface area (Å²) < 4.78 is 0. The Kier molecular flexibility index (Phi) is 0.506. The van der Waals surface area contributed by atoms with Crippen molar-refractivity contribution < 1.29 is 4.79 Å². The van der Waals surface area contributed by atoms with E-state index in [2.05, 4.69) is 10.1 Å². The Morgan fingerprint density at radius 3 is 2.83 bits per heavy atom. The molecule has 0 aliphatic rings. The highest BCUT2D eigenvalue weighted by Gasteiger charge is 1.82. The average molecular weight is 85.1 g/mol. The number of rotatable bonds is 0. The number of aromatic amines is 1. The summed E-state index contributed by atoms with van der Waals surface area (Å²) in [5, 5.41) is 2.58. The fraction of sp³-hybridized carbons (Fsp3) is 0. The summed E-state index contributed by atoms with van der Waals surface area (Å²) in [5.41, 5.74) is 0. The maximum absolute atomic E-state index is 5.08. The highest BCUT2D eigenvalue weighted by Crippen LogP contribution is 1.48. The summed E-state index contributed by atoms with van der Waals surface area (Å²) in [6, 6.07) is 0. The maximum atomic E-state index is 5.08. The number of nitrogens with zero attached hydrogens (tertiary/aromatic N) is 2. The van der Waals surface area contributed by atoms with Crippen LogP contribution in [0, 0.1) is 0 Å². The van der Waals surface area contributed by atoms with Gasteiger partial charge in [0.1, 0.15) is 0 Å². The van der Waals surface area contributed by atoms with Gasteiger partial charge in [-0.05, 0) is 4.98 Å². The van der Waals surface area contributed by atoms with Crippen LogP contribution in [0.3, 0.4) is 0 Å². The molecular weight excluding hydrogens is 80.0 g/mol. The Balaban J connectivity index is 3.05. The third-order valence-electron chi connectivity index (χ3n) is 0.472. The Labute approximate surface area is 34.6 Å². The Morgan fingerprint density at radius 2 is 2.67 bits per heavy atom. The number of nitrogens with two attached hydrogens (primary N) is 1. The zero-order chi connectivity index (χ0) is 4.41. The van der Waals surface area contributed by atoms with Crippen molar-refractivity contribution in [1.29, 1.82) is 0 Å². The van der Waals surface area contributed by atoms with Crippen LogP contribution in [0.5, 0.6) is 0 Å². The molecular formula is C2H5N4+. The molecule has 0 aromatic carbocycles. The second-order valence-electron chi connectivity index (χ2n) is 0.930. The molecule has 0 saturated heterocycles. The topological polar surface area (TPSA) is 58.6 Å². The molecule has 0 radical (unpaired) electrons. The normalized spacial score (nSPS) is 8.67. The highest BCUT2D eigenvalue weighted by atomic mass is 15.5. The lowest BCUT2D eigenvalue weighted by atomic mass is 11.3. The lowest BCUT2D eigenvalue weighted by Crippen LogP contribution is -2.45. The second kappa shape index (κ2) is 0.965. The fourth-order valence-electron chi connectivity index (χ4n) is 0.238. The third-order valence-corrected chi connectivity index (χ3v) is 0.472. The molecule has 0 bridgehead atoms. The first-order chi connectivity index (χ1) is 2.89. The van der Waals surface area contributed by atoms with E-state index in [9.17, 15) is 0 Å². The molecule has 3 N–H and O–H groups in total. The Morgan fingerprint density at radius 1 is 1.83 bits per heavy atom. The van der Waals surface area contributed by atoms with Crippen LogP contribution in [-0.4, -0.2) is 10.1 Å². The van der Waals surface area contributed by atoms with E-state index in [1.54, 1.807) is 0 Å². The molecule has 1 aromatic heterocycles. The van der Waals surface area contributed by atoms with E-state index < -0.39 is 0 Å². The van der Waals surface area contributed by atoms with Crippen LogP contribution < -0.4 is 10.6 Å². The first-order valence-electron chi connectivity index (χ1n) is 1.55. The molecule has 0 aliphatic carbocycles. The van der Waals surface area contributed by atoms with Crippen LogP contribution in [0.25, 0.3) is 0 Å². The molecule has 0 amide bonds. The van der Waals surface area contributed by atoms with Gasteiger partial charge in [-0.2, -0.15) is 5.10 Å². The SMILES string of the molecule is N[n+]1cnc[nH]1. The molecule has 32 valence electrons. The van der Waals surface area contributed by atoms with Crippen LogP contribution in [0.4, 0.5) is 0 Å². The summed E-state index contributed by atoms with van der Waals surface area (Å²) in [4.78, 5) is 4.87. The van der Waals surface area contributed by atoms with E-state index in [1.165, 1.54) is 17.4 Å². The summed E-state index contributed by atoms with van der Waals surface area (Å²) in [6.07, 6.45) is 2.97. The van der Waals surface area contributed by atoms with Crippen LogP contribution in [0.1, 0.15) is 0 Å². The van der Waals surface area contributed by atoms with Gasteiger partial charge in [0.25, 0.3) is 0 Å². The molecule has 4 nitrogen and oxygen atoms in total. The first-order valence-corrected chi connectivity index (χ1v) is 1.55. The molecule has 1 rings (SSSR count). The maximum Gasteiger partial charge on any atom is 0.330 e. The Hall–Kier alpha value is -1.06. The molecule has 0 atom stereocenters. The van der Waals surface area contributed by atoms with E-state index >= 15 is 0 Å². The van der Waals surface area contributed by atoms with E-state index in [0.717, 1.165) is 0 Å². The van der Waals surface area contributed by atoms with Crippen LogP contribution in [-0.2, 0) is 0 Å². The van der Waals surface area contributed by atoms with Gasteiger partial charge in [-0.3, -0.25) is 0 Å². The minimum Gasteiger partial charge on any atom is -0.250 e. The molecule has 4 heteroatoms. The smallest absolute Gasteiger partial charge is 0.250 e. The van der Waals surface area contributed by atoms with Crippen LogP contribution in [0.2, 0.25) is 0 Å². The van der Waals surface area contributed by atoms with Crippen molar-refractivity contribution in [3.8, 4) is 0 Å². The number of nitrogens with one attached hydrogen (secondary N) is 1. The summed E-state index contributed by atoms with van der Waals surface area (Å²) >= 11 is 0. The predicted molar refractivity (Wildman–Crippen MR) is 18.9 cm³/mol. The van der Waals surface area contributed by atoms with E-state index in [0.29, 0.717) is 0 Å². The van der Waals surface area contributed by atoms with Gasteiger partial charge >= 0.3 is 6.33 Å². The van der Waals surface area contributed by atoms with Crippen molar-refractivity contribution >= 4 is 0 Å². The molecule has 6 heavy (non-hydrogen) atoms. The van der Waals surface area contributed by atoms with E-state index in [4.69, 9.17) is 5.84 Å². The molecule has 0 unspecified atom stereocenters. The molecule has 0 saturated carbocycles. The van der Waals surface area contributed by atoms with Gasteiger partial charge in [0.2, 0.25) is 6.33 Å². The standard InChI is InChI=1S/C2H4N4/c3-6-2-4-1-5-6/h1-2H,3H2/p+1. The summed E-state index contributed by atoms with van der Waals surface area (Å²) in [6.45, 7) is 0. The number of hydrogen-bond donors (Lipinski definition) is 2. The monoisotopic (exact) mass is 85.1 g/mol. The number of H-pyrrole nitrogens is 1. The fourth-order valence-corrected chi connectivity index (χ4v) is 0.238. The van der Waals surface area contributed by atoms with Gasteiger partial charge in [0.15, 0.2) is 0 Å². The first kappa shape index (κ1) is 3.14. The zero-order valence-electron chi connectivity index (χ0n) is 3.13. The van der Waals surface area contributed by atoms with Crippen molar-refractivity contribution in [3.05, 3.63) is 12.7 Å². The number of aromatic nitrogens is 3. The second-order valence-corrected chi connectivity index (χ2v) is 0.930. The number of hydrogen-bond acceptors (Lipinski definition) is 2. The van der Waals surface area contributed by atoms with Crippen molar-refractivity contribution in [1.82, 2.24) is 10.1 Å². The van der Waals surface area contributed by atoms with Crippen molar-refractivity contribution in [3.63, 3.8) is 0 Å². The van der Waals surface area contributed by atoms with Gasteiger partial charge in [-0.25, -0.2) is 5.84 Å². The van der Waals surface area contributed by atoms with Crippen molar-refractivity contribution in [2.45, 2.75) is 0 Å². The largest absolute Gasteiger partial charge is 0.330 e. The molecule has 1 heterocycles. The minimum atomic E-state index is 1.26. The summed E-state index contributed by atoms with van der Waals surface area (Å²) in [5.74, 6) is 5.08. The minimum absolute atomic E-state index is 1.26. The molecule has 0 spiro atoms. The van der Waals surface area contributed by atoms with Gasteiger partial charge in [-0.1, -0.05) is 4.79 Å².